The van der Waals surface area contributed by atoms with Crippen molar-refractivity contribution >= 4 is 16.9 Å². The van der Waals surface area contributed by atoms with Crippen molar-refractivity contribution in [3.8, 4) is 11.3 Å². The molecule has 0 saturated heterocycles. The van der Waals surface area contributed by atoms with Crippen LogP contribution in [0.1, 0.15) is 49.7 Å². The molecule has 0 radical (unpaired) electrons. The number of amides is 1. The zero-order valence-electron chi connectivity index (χ0n) is 18.4. The molecule has 3 aromatic heterocycles. The summed E-state index contributed by atoms with van der Waals surface area (Å²) in [6.45, 7) is 8.68. The van der Waals surface area contributed by atoms with Gasteiger partial charge in [0.15, 0.2) is 5.65 Å². The second kappa shape index (κ2) is 8.68. The van der Waals surface area contributed by atoms with E-state index in [0.29, 0.717) is 12.1 Å². The lowest BCUT2D eigenvalue weighted by Crippen LogP contribution is -2.36. The summed E-state index contributed by atoms with van der Waals surface area (Å²) in [7, 11) is 0. The normalized spacial score (nSPS) is 11.4. The van der Waals surface area contributed by atoms with Crippen LogP contribution in [0.5, 0.6) is 0 Å². The molecule has 6 heteroatoms. The van der Waals surface area contributed by atoms with E-state index >= 15 is 0 Å². The first kappa shape index (κ1) is 20.7. The molecule has 0 saturated carbocycles. The van der Waals surface area contributed by atoms with Crippen LogP contribution in [-0.2, 0) is 6.54 Å². The molecule has 6 nitrogen and oxygen atoms in total. The molecule has 0 spiro atoms. The largest absolute Gasteiger partial charge is 0.332 e. The predicted molar refractivity (Wildman–Crippen MR) is 123 cm³/mol. The number of rotatable bonds is 6. The molecular weight excluding hydrogens is 386 g/mol. The van der Waals surface area contributed by atoms with Crippen molar-refractivity contribution in [1.82, 2.24) is 24.6 Å². The number of hydrogen-bond acceptors (Lipinski definition) is 4. The highest BCUT2D eigenvalue weighted by atomic mass is 16.2. The van der Waals surface area contributed by atoms with Crippen LogP contribution in [0.15, 0.2) is 67.1 Å². The van der Waals surface area contributed by atoms with Crippen LogP contribution in [0.25, 0.3) is 22.3 Å². The molecule has 158 valence electrons. The zero-order chi connectivity index (χ0) is 22.0. The van der Waals surface area contributed by atoms with Gasteiger partial charge in [0.2, 0.25) is 0 Å². The Morgan fingerprint density at radius 1 is 1.03 bits per heavy atom. The van der Waals surface area contributed by atoms with E-state index in [1.165, 1.54) is 0 Å². The van der Waals surface area contributed by atoms with Crippen molar-refractivity contribution in [2.75, 3.05) is 0 Å². The number of fused-ring (bicyclic) bond motifs is 1. The number of benzene rings is 1. The second-order valence-electron chi connectivity index (χ2n) is 8.23. The first-order chi connectivity index (χ1) is 15.0. The SMILES string of the molecule is CC(C)N(Cc1cccnc1)C(=O)c1cc(-c2ccccc2)nc2c1cnn2C(C)C. The molecule has 1 amide bonds. The fourth-order valence-corrected chi connectivity index (χ4v) is 3.66. The summed E-state index contributed by atoms with van der Waals surface area (Å²) in [6.07, 6.45) is 5.30. The first-order valence-electron chi connectivity index (χ1n) is 10.6. The summed E-state index contributed by atoms with van der Waals surface area (Å²) in [5.41, 5.74) is 4.08. The molecule has 0 bridgehead atoms. The van der Waals surface area contributed by atoms with Gasteiger partial charge in [-0.2, -0.15) is 5.10 Å². The Balaban J connectivity index is 1.85. The van der Waals surface area contributed by atoms with Gasteiger partial charge < -0.3 is 4.90 Å². The van der Waals surface area contributed by atoms with Crippen LogP contribution < -0.4 is 0 Å². The topological polar surface area (TPSA) is 63.9 Å². The van der Waals surface area contributed by atoms with E-state index in [9.17, 15) is 4.79 Å². The maximum absolute atomic E-state index is 13.8. The van der Waals surface area contributed by atoms with Gasteiger partial charge in [0.1, 0.15) is 0 Å². The predicted octanol–water partition coefficient (Wildman–Crippen LogP) is 5.13. The highest BCUT2D eigenvalue weighted by Gasteiger charge is 2.24. The van der Waals surface area contributed by atoms with Gasteiger partial charge in [-0.05, 0) is 45.4 Å². The smallest absolute Gasteiger partial charge is 0.255 e. The van der Waals surface area contributed by atoms with Crippen LogP contribution in [0.3, 0.4) is 0 Å². The number of carbonyl (C=O) groups excluding carboxylic acids is 1. The van der Waals surface area contributed by atoms with Crippen LogP contribution in [0.4, 0.5) is 0 Å². The van der Waals surface area contributed by atoms with E-state index in [2.05, 4.69) is 23.9 Å². The maximum atomic E-state index is 13.8. The third-order valence-electron chi connectivity index (χ3n) is 5.32. The van der Waals surface area contributed by atoms with Crippen molar-refractivity contribution in [2.24, 2.45) is 0 Å². The Morgan fingerprint density at radius 2 is 1.81 bits per heavy atom. The van der Waals surface area contributed by atoms with Crippen molar-refractivity contribution < 1.29 is 4.79 Å². The zero-order valence-corrected chi connectivity index (χ0v) is 18.4. The van der Waals surface area contributed by atoms with E-state index in [4.69, 9.17) is 4.98 Å². The van der Waals surface area contributed by atoms with Gasteiger partial charge in [-0.1, -0.05) is 36.4 Å². The molecule has 0 aliphatic rings. The monoisotopic (exact) mass is 413 g/mol. The number of nitrogens with zero attached hydrogens (tertiary/aromatic N) is 5. The molecule has 1 aromatic carbocycles. The molecule has 31 heavy (non-hydrogen) atoms. The average Bonchev–Trinajstić information content (AvgIpc) is 3.22. The van der Waals surface area contributed by atoms with Crippen LogP contribution >= 0.6 is 0 Å². The van der Waals surface area contributed by atoms with Gasteiger partial charge in [0, 0.05) is 36.6 Å². The molecule has 3 heterocycles. The molecule has 0 atom stereocenters. The average molecular weight is 414 g/mol. The lowest BCUT2D eigenvalue weighted by Gasteiger charge is -2.27. The van der Waals surface area contributed by atoms with E-state index in [1.54, 1.807) is 18.6 Å². The van der Waals surface area contributed by atoms with Gasteiger partial charge in [0.05, 0.1) is 22.8 Å². The van der Waals surface area contributed by atoms with Crippen molar-refractivity contribution in [2.45, 2.75) is 46.3 Å². The van der Waals surface area contributed by atoms with Crippen molar-refractivity contribution in [3.63, 3.8) is 0 Å². The van der Waals surface area contributed by atoms with Gasteiger partial charge in [-0.3, -0.25) is 9.78 Å². The van der Waals surface area contributed by atoms with Crippen molar-refractivity contribution in [3.05, 3.63) is 78.2 Å². The Kier molecular flexibility index (Phi) is 5.80. The summed E-state index contributed by atoms with van der Waals surface area (Å²) in [5.74, 6) is -0.0354. The highest BCUT2D eigenvalue weighted by molar-refractivity contribution is 6.06. The van der Waals surface area contributed by atoms with E-state index < -0.39 is 0 Å². The van der Waals surface area contributed by atoms with E-state index in [0.717, 1.165) is 27.9 Å². The molecule has 0 aliphatic heterocycles. The Labute approximate surface area is 182 Å². The number of hydrogen-bond donors (Lipinski definition) is 0. The number of pyridine rings is 2. The lowest BCUT2D eigenvalue weighted by molar-refractivity contribution is 0.0692. The summed E-state index contributed by atoms with van der Waals surface area (Å²) < 4.78 is 1.87. The van der Waals surface area contributed by atoms with E-state index in [1.807, 2.05) is 72.0 Å². The fraction of sp³-hybridized carbons (Fsp3) is 0.280. The molecule has 4 aromatic rings. The summed E-state index contributed by atoms with van der Waals surface area (Å²) in [6, 6.07) is 15.9. The summed E-state index contributed by atoms with van der Waals surface area (Å²) >= 11 is 0. The minimum atomic E-state index is -0.0354. The number of aromatic nitrogens is 4. The second-order valence-corrected chi connectivity index (χ2v) is 8.23. The lowest BCUT2D eigenvalue weighted by atomic mass is 10.0. The van der Waals surface area contributed by atoms with Gasteiger partial charge in [-0.15, -0.1) is 0 Å². The summed E-state index contributed by atoms with van der Waals surface area (Å²) in [5, 5.41) is 5.31. The van der Waals surface area contributed by atoms with Crippen LogP contribution in [0, 0.1) is 0 Å². The maximum Gasteiger partial charge on any atom is 0.255 e. The van der Waals surface area contributed by atoms with Crippen LogP contribution in [-0.4, -0.2) is 36.6 Å². The summed E-state index contributed by atoms with van der Waals surface area (Å²) in [4.78, 5) is 24.7. The fourth-order valence-electron chi connectivity index (χ4n) is 3.66. The van der Waals surface area contributed by atoms with Gasteiger partial charge >= 0.3 is 0 Å². The van der Waals surface area contributed by atoms with Crippen LogP contribution in [0.2, 0.25) is 0 Å². The Hall–Kier alpha value is -3.54. The molecule has 0 unspecified atom stereocenters. The standard InChI is InChI=1S/C25H27N5O/c1-17(2)29(16-19-9-8-12-26-14-19)25(31)21-13-23(20-10-6-5-7-11-20)28-24-22(21)15-27-30(24)18(3)4/h5-15,17-18H,16H2,1-4H3. The Morgan fingerprint density at radius 3 is 2.45 bits per heavy atom. The van der Waals surface area contributed by atoms with Gasteiger partial charge in [-0.25, -0.2) is 9.67 Å². The van der Waals surface area contributed by atoms with Gasteiger partial charge in [0.25, 0.3) is 5.91 Å². The quantitative estimate of drug-likeness (QED) is 0.440. The first-order valence-corrected chi connectivity index (χ1v) is 10.6. The minimum Gasteiger partial charge on any atom is -0.332 e. The minimum absolute atomic E-state index is 0.0243. The van der Waals surface area contributed by atoms with Crippen molar-refractivity contribution in [1.29, 1.82) is 0 Å². The molecule has 0 N–H and O–H groups in total. The molecule has 0 fully saturated rings. The third-order valence-corrected chi connectivity index (χ3v) is 5.32. The molecular formula is C25H27N5O. The Bertz CT molecular complexity index is 1180. The third kappa shape index (κ3) is 4.19. The molecule has 4 rings (SSSR count). The molecule has 0 aliphatic carbocycles. The van der Waals surface area contributed by atoms with E-state index in [-0.39, 0.29) is 18.0 Å². The highest BCUT2D eigenvalue weighted by Crippen LogP contribution is 2.28. The number of carbonyl (C=O) groups is 1.